The highest BCUT2D eigenvalue weighted by atomic mass is 33.1. The number of allylic oxidation sites excluding steroid dienone is 1. The van der Waals surface area contributed by atoms with E-state index in [-0.39, 0.29) is 55.2 Å². The molecule has 2 aromatic heterocycles. The second-order valence-corrected chi connectivity index (χ2v) is 18.8. The van der Waals surface area contributed by atoms with E-state index in [1.54, 1.807) is 59.8 Å². The van der Waals surface area contributed by atoms with Crippen molar-refractivity contribution < 1.29 is 33.7 Å². The van der Waals surface area contributed by atoms with Gasteiger partial charge in [0.15, 0.2) is 11.2 Å². The van der Waals surface area contributed by atoms with Gasteiger partial charge in [0.1, 0.15) is 17.2 Å². The summed E-state index contributed by atoms with van der Waals surface area (Å²) in [5.74, 6) is 0.528. The van der Waals surface area contributed by atoms with Gasteiger partial charge in [-0.1, -0.05) is 51.5 Å². The average Bonchev–Trinajstić information content (AvgIpc) is 3.55. The zero-order valence-corrected chi connectivity index (χ0v) is 34.3. The molecule has 8 atom stereocenters. The maximum atomic E-state index is 14.3. The minimum absolute atomic E-state index is 0.0221. The molecule has 12 nitrogen and oxygen atoms in total. The molecular formula is C43H50N4O8S2. The molecule has 1 amide bonds. The first kappa shape index (κ1) is 39.7. The van der Waals surface area contributed by atoms with E-state index in [1.807, 2.05) is 31.0 Å². The fourth-order valence-corrected chi connectivity index (χ4v) is 12.4. The molecule has 0 bridgehead atoms. The lowest BCUT2D eigenvalue weighted by Crippen LogP contribution is -2.68. The molecule has 3 aromatic rings. The molecule has 1 aromatic carbocycles. The van der Waals surface area contributed by atoms with Crippen LogP contribution >= 0.6 is 21.6 Å². The van der Waals surface area contributed by atoms with Gasteiger partial charge in [0.05, 0.1) is 23.6 Å². The van der Waals surface area contributed by atoms with Crippen molar-refractivity contribution >= 4 is 50.3 Å². The fraction of sp³-hybridized carbons (Fsp3) is 0.488. The number of nitrogen functional groups attached to an aromatic ring is 1. The van der Waals surface area contributed by atoms with E-state index in [4.69, 9.17) is 19.6 Å². The molecule has 1 spiro atoms. The molecule has 1 saturated heterocycles. The van der Waals surface area contributed by atoms with Crippen LogP contribution in [0.25, 0.3) is 11.0 Å². The van der Waals surface area contributed by atoms with Crippen LogP contribution in [-0.4, -0.2) is 93.1 Å². The lowest BCUT2D eigenvalue weighted by atomic mass is 9.61. The molecule has 57 heavy (non-hydrogen) atoms. The molecule has 302 valence electrons. The maximum absolute atomic E-state index is 14.3. The number of nitrogens with two attached hydrogens (primary N) is 1. The molecule has 5 aliphatic rings. The highest BCUT2D eigenvalue weighted by molar-refractivity contribution is 8.77. The number of aliphatic hydroxyl groups excluding tert-OH is 2. The monoisotopic (exact) mass is 814 g/mol. The molecule has 5 N–H and O–H groups in total. The molecule has 2 aliphatic carbocycles. The van der Waals surface area contributed by atoms with Crippen molar-refractivity contribution in [3.8, 4) is 5.75 Å². The van der Waals surface area contributed by atoms with Crippen LogP contribution in [0.2, 0.25) is 0 Å². The number of hydrogen-bond acceptors (Lipinski definition) is 13. The van der Waals surface area contributed by atoms with Crippen LogP contribution in [0.15, 0.2) is 75.1 Å². The second-order valence-electron chi connectivity index (χ2n) is 16.2. The number of benzene rings is 1. The van der Waals surface area contributed by atoms with Crippen LogP contribution < -0.4 is 21.4 Å². The smallest absolute Gasteiger partial charge is 0.339 e. The number of likely N-dealkylation sites (N-methyl/N-ethyl adjacent to an activating group) is 1. The number of fused-ring (bicyclic) bond motifs is 6. The third kappa shape index (κ3) is 6.90. The molecular weight excluding hydrogens is 765 g/mol. The Balaban J connectivity index is 1.26. The first-order valence-corrected chi connectivity index (χ1v) is 22.0. The van der Waals surface area contributed by atoms with Gasteiger partial charge in [-0.25, -0.2) is 14.6 Å². The Morgan fingerprint density at radius 2 is 2.04 bits per heavy atom. The fourth-order valence-electron chi connectivity index (χ4n) is 9.51. The summed E-state index contributed by atoms with van der Waals surface area (Å²) in [7, 11) is 5.50. The highest BCUT2D eigenvalue weighted by Crippen LogP contribution is 2.59. The van der Waals surface area contributed by atoms with E-state index >= 15 is 0 Å². The summed E-state index contributed by atoms with van der Waals surface area (Å²) in [5, 5.41) is 23.6. The van der Waals surface area contributed by atoms with E-state index in [0.717, 1.165) is 22.3 Å². The number of nitrogens with zero attached hydrogens (tertiary/aromatic N) is 2. The first-order valence-electron chi connectivity index (χ1n) is 19.7. The summed E-state index contributed by atoms with van der Waals surface area (Å²) in [6, 6.07) is 7.62. The van der Waals surface area contributed by atoms with Gasteiger partial charge in [0.2, 0.25) is 5.91 Å². The molecule has 5 heterocycles. The van der Waals surface area contributed by atoms with Gasteiger partial charge in [-0.15, -0.1) is 0 Å². The molecule has 8 rings (SSSR count). The summed E-state index contributed by atoms with van der Waals surface area (Å²) in [6.45, 7) is 5.84. The standard InChI is InChI=1S/C43H50N4O8S2/c1-5-23(2)40(51)55-42(3)10-8-25-22-56-57-35-7-6-32(45-4)31-20-47(39(31)35)37(50)15-29-19-46-36(44)16-30(29)38(25)43(42)18-28-14-26-13-27(12-24(21-49)9-11-48)41(52)53-33(26)17-34(28)54-43/h5-8,13-14,16-17,19,24,31-32,35,38-39,45,48-49H,9-12,15,18,20-22H2,1-4H3,(H2,44,46). The molecule has 1 fully saturated rings. The van der Waals surface area contributed by atoms with Crippen LogP contribution in [-0.2, 0) is 33.6 Å². The number of anilines is 1. The Labute approximate surface area is 339 Å². The van der Waals surface area contributed by atoms with Crippen LogP contribution in [0.1, 0.15) is 61.8 Å². The zero-order valence-electron chi connectivity index (χ0n) is 32.7. The number of ether oxygens (including phenoxy) is 2. The number of amides is 1. The van der Waals surface area contributed by atoms with Gasteiger partial charge in [0, 0.05) is 79.1 Å². The Bertz CT molecular complexity index is 2260. The lowest BCUT2D eigenvalue weighted by Gasteiger charge is -2.55. The van der Waals surface area contributed by atoms with Crippen molar-refractivity contribution in [2.24, 2.45) is 11.8 Å². The molecule has 14 heteroatoms. The van der Waals surface area contributed by atoms with Gasteiger partial charge in [-0.2, -0.15) is 0 Å². The Hall–Kier alpha value is -4.08. The Morgan fingerprint density at radius 1 is 1.21 bits per heavy atom. The van der Waals surface area contributed by atoms with Gasteiger partial charge in [-0.05, 0) is 81.5 Å². The maximum Gasteiger partial charge on any atom is 0.339 e. The van der Waals surface area contributed by atoms with Crippen molar-refractivity contribution in [2.45, 2.75) is 87.3 Å². The van der Waals surface area contributed by atoms with Crippen LogP contribution in [0.5, 0.6) is 5.75 Å². The van der Waals surface area contributed by atoms with E-state index in [9.17, 15) is 24.6 Å². The average molecular weight is 815 g/mol. The number of hydrogen-bond donors (Lipinski definition) is 4. The lowest BCUT2D eigenvalue weighted by molar-refractivity contribution is -0.183. The Kier molecular flexibility index (Phi) is 10.9. The highest BCUT2D eigenvalue weighted by Gasteiger charge is 2.64. The first-order chi connectivity index (χ1) is 27.4. The number of aromatic nitrogens is 1. The van der Waals surface area contributed by atoms with Gasteiger partial charge in [-0.3, -0.25) is 4.79 Å². The summed E-state index contributed by atoms with van der Waals surface area (Å²) in [4.78, 5) is 47.8. The topological polar surface area (TPSA) is 177 Å². The summed E-state index contributed by atoms with van der Waals surface area (Å²) in [6.07, 6.45) is 11.5. The van der Waals surface area contributed by atoms with Gasteiger partial charge in [0.25, 0.3) is 0 Å². The minimum atomic E-state index is -1.22. The van der Waals surface area contributed by atoms with Crippen LogP contribution in [0.4, 0.5) is 5.82 Å². The van der Waals surface area contributed by atoms with E-state index in [2.05, 4.69) is 28.5 Å². The predicted molar refractivity (Wildman–Crippen MR) is 222 cm³/mol. The van der Waals surface area contributed by atoms with Crippen LogP contribution in [0.3, 0.4) is 0 Å². The van der Waals surface area contributed by atoms with E-state index in [1.165, 1.54) is 0 Å². The number of esters is 1. The van der Waals surface area contributed by atoms with E-state index < -0.39 is 28.7 Å². The van der Waals surface area contributed by atoms with Crippen LogP contribution in [0, 0.1) is 11.8 Å². The van der Waals surface area contributed by atoms with Crippen molar-refractivity contribution in [1.82, 2.24) is 15.2 Å². The predicted octanol–water partition coefficient (Wildman–Crippen LogP) is 4.65. The van der Waals surface area contributed by atoms with Gasteiger partial charge >= 0.3 is 11.6 Å². The third-order valence-electron chi connectivity index (χ3n) is 12.9. The largest absolute Gasteiger partial charge is 0.481 e. The molecule has 8 unspecified atom stereocenters. The number of carbonyl (C=O) groups is 2. The summed E-state index contributed by atoms with van der Waals surface area (Å²) < 4.78 is 19.7. The Morgan fingerprint density at radius 3 is 2.79 bits per heavy atom. The van der Waals surface area contributed by atoms with Crippen molar-refractivity contribution in [2.75, 3.05) is 38.3 Å². The normalized spacial score (nSPS) is 29.8. The van der Waals surface area contributed by atoms with Crippen molar-refractivity contribution in [3.63, 3.8) is 0 Å². The number of aliphatic hydroxyl groups is 2. The third-order valence-corrected chi connectivity index (χ3v) is 15.5. The molecule has 3 aliphatic heterocycles. The van der Waals surface area contributed by atoms with Crippen molar-refractivity contribution in [1.29, 1.82) is 0 Å². The summed E-state index contributed by atoms with van der Waals surface area (Å²) >= 11 is 0. The minimum Gasteiger partial charge on any atom is -0.481 e. The second kappa shape index (κ2) is 15.6. The number of carbonyl (C=O) groups excluding carboxylic acids is 2. The quantitative estimate of drug-likeness (QED) is 0.0814. The zero-order chi connectivity index (χ0) is 40.2. The van der Waals surface area contributed by atoms with E-state index in [0.29, 0.717) is 71.2 Å². The number of nitrogens with one attached hydrogen (secondary N) is 1. The summed E-state index contributed by atoms with van der Waals surface area (Å²) in [5.41, 5.74) is 8.21. The van der Waals surface area contributed by atoms with Crippen molar-refractivity contribution in [3.05, 3.63) is 98.6 Å². The number of rotatable bonds is 8. The SMILES string of the molecule is CC=C(C)C(=O)OC1(C)CC=C2CSSC3C=CC(NC)C4CN(C(=O)Cc5cnc(N)cc5C2C12Cc1cc5cc(CC(CO)CCO)c(=O)oc5cc1O2)C34. The molecule has 0 radical (unpaired) electrons. The molecule has 0 saturated carbocycles. The van der Waals surface area contributed by atoms with Gasteiger partial charge < -0.3 is 40.1 Å². The number of pyridine rings is 1.